The van der Waals surface area contributed by atoms with Gasteiger partial charge in [0.25, 0.3) is 0 Å². The van der Waals surface area contributed by atoms with Gasteiger partial charge in [-0.25, -0.2) is 9.97 Å². The molecular formula is C11H14N4. The standard InChI is InChI=1S/C11H14N4/c12-9-5-13-11-14-6-10(15(11)7-9)8-3-1-2-4-8/h5-8H,1-4,12H2. The zero-order valence-corrected chi connectivity index (χ0v) is 8.56. The molecule has 0 unspecified atom stereocenters. The fourth-order valence-corrected chi connectivity index (χ4v) is 2.43. The van der Waals surface area contributed by atoms with E-state index in [2.05, 4.69) is 9.97 Å². The minimum Gasteiger partial charge on any atom is -0.396 e. The van der Waals surface area contributed by atoms with Crippen LogP contribution in [0.1, 0.15) is 37.3 Å². The molecule has 0 radical (unpaired) electrons. The first-order chi connectivity index (χ1) is 7.34. The summed E-state index contributed by atoms with van der Waals surface area (Å²) in [6.07, 6.45) is 10.7. The molecule has 2 N–H and O–H groups in total. The zero-order valence-electron chi connectivity index (χ0n) is 8.56. The summed E-state index contributed by atoms with van der Waals surface area (Å²) in [4.78, 5) is 8.50. The average molecular weight is 202 g/mol. The highest BCUT2D eigenvalue weighted by atomic mass is 15.1. The molecule has 3 rings (SSSR count). The van der Waals surface area contributed by atoms with Crippen molar-refractivity contribution in [2.45, 2.75) is 31.6 Å². The molecule has 0 bridgehead atoms. The second-order valence-corrected chi connectivity index (χ2v) is 4.22. The number of anilines is 1. The number of hydrogen-bond donors (Lipinski definition) is 1. The second kappa shape index (κ2) is 3.22. The van der Waals surface area contributed by atoms with Crippen LogP contribution in [0.5, 0.6) is 0 Å². The fourth-order valence-electron chi connectivity index (χ4n) is 2.43. The van der Waals surface area contributed by atoms with E-state index in [9.17, 15) is 0 Å². The first-order valence-corrected chi connectivity index (χ1v) is 5.43. The highest BCUT2D eigenvalue weighted by Crippen LogP contribution is 2.34. The van der Waals surface area contributed by atoms with Crippen molar-refractivity contribution in [3.8, 4) is 0 Å². The Morgan fingerprint density at radius 2 is 1.93 bits per heavy atom. The number of imidazole rings is 1. The van der Waals surface area contributed by atoms with Crippen LogP contribution in [0, 0.1) is 0 Å². The molecule has 1 saturated carbocycles. The third-order valence-corrected chi connectivity index (χ3v) is 3.19. The zero-order chi connectivity index (χ0) is 10.3. The van der Waals surface area contributed by atoms with Crippen molar-refractivity contribution in [2.24, 2.45) is 0 Å². The van der Waals surface area contributed by atoms with Gasteiger partial charge in [-0.1, -0.05) is 12.8 Å². The summed E-state index contributed by atoms with van der Waals surface area (Å²) in [5.41, 5.74) is 7.70. The molecule has 1 aliphatic rings. The van der Waals surface area contributed by atoms with Gasteiger partial charge in [-0.3, -0.25) is 4.40 Å². The Kier molecular flexibility index (Phi) is 1.87. The van der Waals surface area contributed by atoms with Crippen molar-refractivity contribution < 1.29 is 0 Å². The van der Waals surface area contributed by atoms with Crippen molar-refractivity contribution in [3.05, 3.63) is 24.3 Å². The van der Waals surface area contributed by atoms with Crippen molar-refractivity contribution >= 4 is 11.5 Å². The maximum atomic E-state index is 5.74. The molecule has 1 aliphatic carbocycles. The number of aromatic nitrogens is 3. The van der Waals surface area contributed by atoms with Gasteiger partial charge >= 0.3 is 0 Å². The van der Waals surface area contributed by atoms with Crippen LogP contribution >= 0.6 is 0 Å². The molecule has 0 spiro atoms. The molecular weight excluding hydrogens is 188 g/mol. The third-order valence-electron chi connectivity index (χ3n) is 3.19. The van der Waals surface area contributed by atoms with Crippen molar-refractivity contribution in [3.63, 3.8) is 0 Å². The number of nitrogens with zero attached hydrogens (tertiary/aromatic N) is 3. The van der Waals surface area contributed by atoms with Crippen LogP contribution in [0.4, 0.5) is 5.69 Å². The molecule has 0 saturated heterocycles. The van der Waals surface area contributed by atoms with E-state index in [1.807, 2.05) is 16.8 Å². The van der Waals surface area contributed by atoms with Crippen LogP contribution in [0.3, 0.4) is 0 Å². The van der Waals surface area contributed by atoms with E-state index in [0.717, 1.165) is 5.78 Å². The summed E-state index contributed by atoms with van der Waals surface area (Å²) in [6, 6.07) is 0. The molecule has 1 fully saturated rings. The quantitative estimate of drug-likeness (QED) is 0.769. The van der Waals surface area contributed by atoms with Gasteiger partial charge in [0.05, 0.1) is 18.1 Å². The van der Waals surface area contributed by atoms with Crippen LogP contribution in [0.15, 0.2) is 18.6 Å². The summed E-state index contributed by atoms with van der Waals surface area (Å²) in [5.74, 6) is 1.40. The minimum absolute atomic E-state index is 0.642. The Bertz CT molecular complexity index is 482. The summed E-state index contributed by atoms with van der Waals surface area (Å²) >= 11 is 0. The largest absolute Gasteiger partial charge is 0.396 e. The van der Waals surface area contributed by atoms with E-state index in [1.165, 1.54) is 31.4 Å². The first kappa shape index (κ1) is 8.71. The Hall–Kier alpha value is -1.58. The van der Waals surface area contributed by atoms with Crippen LogP contribution < -0.4 is 5.73 Å². The number of fused-ring (bicyclic) bond motifs is 1. The van der Waals surface area contributed by atoms with E-state index in [4.69, 9.17) is 5.73 Å². The molecule has 2 aromatic rings. The van der Waals surface area contributed by atoms with E-state index in [0.29, 0.717) is 11.6 Å². The summed E-state index contributed by atoms with van der Waals surface area (Å²) < 4.78 is 2.03. The lowest BCUT2D eigenvalue weighted by molar-refractivity contribution is 0.689. The normalized spacial score (nSPS) is 17.6. The molecule has 2 heterocycles. The molecule has 0 atom stereocenters. The lowest BCUT2D eigenvalue weighted by atomic mass is 10.1. The fraction of sp³-hybridized carbons (Fsp3) is 0.455. The highest BCUT2D eigenvalue weighted by molar-refractivity contribution is 5.41. The van der Waals surface area contributed by atoms with Gasteiger partial charge in [-0.2, -0.15) is 0 Å². The molecule has 4 heteroatoms. The Balaban J connectivity index is 2.13. The molecule has 0 amide bonds. The van der Waals surface area contributed by atoms with E-state index >= 15 is 0 Å². The summed E-state index contributed by atoms with van der Waals surface area (Å²) in [7, 11) is 0. The van der Waals surface area contributed by atoms with Crippen molar-refractivity contribution in [1.82, 2.24) is 14.4 Å². The van der Waals surface area contributed by atoms with E-state index < -0.39 is 0 Å². The maximum absolute atomic E-state index is 5.74. The highest BCUT2D eigenvalue weighted by Gasteiger charge is 2.20. The van der Waals surface area contributed by atoms with Gasteiger partial charge in [0.15, 0.2) is 0 Å². The topological polar surface area (TPSA) is 56.2 Å². The second-order valence-electron chi connectivity index (χ2n) is 4.22. The van der Waals surface area contributed by atoms with Gasteiger partial charge < -0.3 is 5.73 Å². The smallest absolute Gasteiger partial charge is 0.234 e. The van der Waals surface area contributed by atoms with Crippen LogP contribution in [-0.4, -0.2) is 14.4 Å². The van der Waals surface area contributed by atoms with Gasteiger partial charge in [0.2, 0.25) is 5.78 Å². The monoisotopic (exact) mass is 202 g/mol. The van der Waals surface area contributed by atoms with Gasteiger partial charge in [-0.05, 0) is 12.8 Å². The SMILES string of the molecule is Nc1cnc2ncc(C3CCCC3)n2c1. The van der Waals surface area contributed by atoms with Crippen LogP contribution in [-0.2, 0) is 0 Å². The Morgan fingerprint density at radius 3 is 2.73 bits per heavy atom. The molecule has 0 aromatic carbocycles. The number of hydrogen-bond acceptors (Lipinski definition) is 3. The Morgan fingerprint density at radius 1 is 1.20 bits per heavy atom. The lowest BCUT2D eigenvalue weighted by Gasteiger charge is -2.08. The van der Waals surface area contributed by atoms with Gasteiger partial charge in [-0.15, -0.1) is 0 Å². The van der Waals surface area contributed by atoms with E-state index in [1.54, 1.807) is 6.20 Å². The van der Waals surface area contributed by atoms with Crippen LogP contribution in [0.2, 0.25) is 0 Å². The average Bonchev–Trinajstić information content (AvgIpc) is 2.83. The predicted octanol–water partition coefficient (Wildman–Crippen LogP) is 1.97. The molecule has 78 valence electrons. The summed E-state index contributed by atoms with van der Waals surface area (Å²) in [6.45, 7) is 0. The predicted molar refractivity (Wildman–Crippen MR) is 58.6 cm³/mol. The Labute approximate surface area is 88.1 Å². The van der Waals surface area contributed by atoms with Gasteiger partial charge in [0.1, 0.15) is 0 Å². The number of nitrogens with two attached hydrogens (primary N) is 1. The third kappa shape index (κ3) is 1.37. The summed E-state index contributed by atoms with van der Waals surface area (Å²) in [5, 5.41) is 0. The van der Waals surface area contributed by atoms with Crippen molar-refractivity contribution in [2.75, 3.05) is 5.73 Å². The minimum atomic E-state index is 0.642. The molecule has 2 aromatic heterocycles. The first-order valence-electron chi connectivity index (χ1n) is 5.43. The van der Waals surface area contributed by atoms with Crippen molar-refractivity contribution in [1.29, 1.82) is 0 Å². The molecule has 0 aliphatic heterocycles. The van der Waals surface area contributed by atoms with Gasteiger partial charge in [0, 0.05) is 17.8 Å². The maximum Gasteiger partial charge on any atom is 0.234 e. The van der Waals surface area contributed by atoms with E-state index in [-0.39, 0.29) is 0 Å². The van der Waals surface area contributed by atoms with Crippen LogP contribution in [0.25, 0.3) is 5.78 Å². The number of nitrogen functional groups attached to an aromatic ring is 1. The molecule has 4 nitrogen and oxygen atoms in total. The molecule has 15 heavy (non-hydrogen) atoms. The number of rotatable bonds is 1. The lowest BCUT2D eigenvalue weighted by Crippen LogP contribution is -2.00.